The van der Waals surface area contributed by atoms with Crippen LogP contribution >= 0.6 is 24.0 Å². The van der Waals surface area contributed by atoms with Gasteiger partial charge >= 0.3 is 6.18 Å². The summed E-state index contributed by atoms with van der Waals surface area (Å²) in [7, 11) is 0. The van der Waals surface area contributed by atoms with Crippen LogP contribution in [0.3, 0.4) is 0 Å². The Labute approximate surface area is 195 Å². The Morgan fingerprint density at radius 2 is 1.87 bits per heavy atom. The van der Waals surface area contributed by atoms with Crippen LogP contribution in [0.4, 0.5) is 13.2 Å². The van der Waals surface area contributed by atoms with E-state index in [-0.39, 0.29) is 29.7 Å². The summed E-state index contributed by atoms with van der Waals surface area (Å²) in [5.41, 5.74) is 1.66. The fourth-order valence-corrected chi connectivity index (χ4v) is 2.72. The quantitative estimate of drug-likeness (QED) is 0.256. The third-order valence-electron chi connectivity index (χ3n) is 4.12. The van der Waals surface area contributed by atoms with Gasteiger partial charge in [-0.1, -0.05) is 18.2 Å². The zero-order chi connectivity index (χ0) is 21.4. The maximum absolute atomic E-state index is 12.2. The van der Waals surface area contributed by atoms with Gasteiger partial charge in [-0.3, -0.25) is 4.40 Å². The first kappa shape index (κ1) is 24.7. The lowest BCUT2D eigenvalue weighted by atomic mass is 10.2. The van der Waals surface area contributed by atoms with Gasteiger partial charge < -0.3 is 15.4 Å². The molecule has 168 valence electrons. The lowest BCUT2D eigenvalue weighted by Gasteiger charge is -2.11. The van der Waals surface area contributed by atoms with E-state index in [4.69, 9.17) is 4.74 Å². The Bertz CT molecular complexity index is 975. The molecule has 0 atom stereocenters. The normalized spacial score (nSPS) is 11.8. The number of aromatic nitrogens is 3. The number of aliphatic imine (C=N–C) groups is 1. The summed E-state index contributed by atoms with van der Waals surface area (Å²) in [6.45, 7) is 2.36. The van der Waals surface area contributed by atoms with Gasteiger partial charge in [-0.25, -0.2) is 4.99 Å². The van der Waals surface area contributed by atoms with Gasteiger partial charge in [0.2, 0.25) is 0 Å². The van der Waals surface area contributed by atoms with E-state index in [1.54, 1.807) is 12.1 Å². The van der Waals surface area contributed by atoms with Gasteiger partial charge in [0.25, 0.3) is 0 Å². The van der Waals surface area contributed by atoms with E-state index in [0.29, 0.717) is 32.0 Å². The fraction of sp³-hybridized carbons (Fsp3) is 0.350. The van der Waals surface area contributed by atoms with E-state index < -0.39 is 12.8 Å². The first-order valence-electron chi connectivity index (χ1n) is 9.54. The lowest BCUT2D eigenvalue weighted by molar-refractivity contribution is -0.153. The molecule has 2 aromatic heterocycles. The number of pyridine rings is 1. The Morgan fingerprint density at radius 1 is 1.10 bits per heavy atom. The van der Waals surface area contributed by atoms with E-state index in [1.807, 2.05) is 35.7 Å². The van der Waals surface area contributed by atoms with Crippen molar-refractivity contribution in [3.63, 3.8) is 0 Å². The lowest BCUT2D eigenvalue weighted by Crippen LogP contribution is -2.38. The molecular weight excluding hydrogens is 524 g/mol. The van der Waals surface area contributed by atoms with Crippen molar-refractivity contribution in [1.29, 1.82) is 0 Å². The molecule has 0 aliphatic heterocycles. The van der Waals surface area contributed by atoms with E-state index in [0.717, 1.165) is 17.0 Å². The Morgan fingerprint density at radius 3 is 2.58 bits per heavy atom. The van der Waals surface area contributed by atoms with Crippen LogP contribution in [-0.4, -0.2) is 46.4 Å². The highest BCUT2D eigenvalue weighted by Crippen LogP contribution is 2.19. The standard InChI is InChI=1S/C20H23F3N6O.HI/c1-2-24-19(25-11-10-18-28-27-17-5-3-4-12-29(17)18)26-13-15-6-8-16(9-7-15)30-14-20(21,22)23;/h3-9,12H,2,10-11,13-14H2,1H3,(H2,24,25,26);1H. The molecule has 0 amide bonds. The zero-order valence-corrected chi connectivity index (χ0v) is 19.2. The van der Waals surface area contributed by atoms with Gasteiger partial charge in [0, 0.05) is 25.7 Å². The molecule has 31 heavy (non-hydrogen) atoms. The number of nitrogens with zero attached hydrogens (tertiary/aromatic N) is 4. The maximum Gasteiger partial charge on any atom is 0.422 e. The number of benzene rings is 1. The number of ether oxygens (including phenoxy) is 1. The van der Waals surface area contributed by atoms with Crippen LogP contribution in [0.15, 0.2) is 53.7 Å². The average molecular weight is 548 g/mol. The molecule has 2 heterocycles. The minimum absolute atomic E-state index is 0. The van der Waals surface area contributed by atoms with Crippen molar-refractivity contribution in [1.82, 2.24) is 25.2 Å². The van der Waals surface area contributed by atoms with Crippen molar-refractivity contribution in [3.05, 3.63) is 60.0 Å². The molecule has 0 bridgehead atoms. The number of hydrogen-bond acceptors (Lipinski definition) is 4. The van der Waals surface area contributed by atoms with Gasteiger partial charge in [-0.2, -0.15) is 13.2 Å². The van der Waals surface area contributed by atoms with Crippen molar-refractivity contribution in [2.24, 2.45) is 4.99 Å². The first-order chi connectivity index (χ1) is 14.4. The summed E-state index contributed by atoms with van der Waals surface area (Å²) >= 11 is 0. The fourth-order valence-electron chi connectivity index (χ4n) is 2.72. The van der Waals surface area contributed by atoms with Crippen LogP contribution in [0.25, 0.3) is 5.65 Å². The molecule has 7 nitrogen and oxygen atoms in total. The van der Waals surface area contributed by atoms with Crippen molar-refractivity contribution in [2.75, 3.05) is 19.7 Å². The van der Waals surface area contributed by atoms with E-state index >= 15 is 0 Å². The Balaban J connectivity index is 0.00000341. The Kier molecular flexibility index (Phi) is 9.34. The molecule has 0 aliphatic rings. The SMILES string of the molecule is CCNC(=NCc1ccc(OCC(F)(F)F)cc1)NCCc1nnc2ccccn12.I. The molecule has 0 saturated carbocycles. The topological polar surface area (TPSA) is 75.8 Å². The molecule has 0 aliphatic carbocycles. The largest absolute Gasteiger partial charge is 0.484 e. The van der Waals surface area contributed by atoms with E-state index in [1.165, 1.54) is 12.1 Å². The van der Waals surface area contributed by atoms with Gasteiger partial charge in [0.15, 0.2) is 18.2 Å². The molecule has 0 radical (unpaired) electrons. The van der Waals surface area contributed by atoms with Crippen molar-refractivity contribution < 1.29 is 17.9 Å². The maximum atomic E-state index is 12.2. The monoisotopic (exact) mass is 548 g/mol. The molecule has 0 saturated heterocycles. The highest BCUT2D eigenvalue weighted by Gasteiger charge is 2.28. The van der Waals surface area contributed by atoms with Crippen LogP contribution in [0.5, 0.6) is 5.75 Å². The van der Waals surface area contributed by atoms with Crippen LogP contribution in [0.1, 0.15) is 18.3 Å². The van der Waals surface area contributed by atoms with Crippen LogP contribution in [0, 0.1) is 0 Å². The van der Waals surface area contributed by atoms with Crippen LogP contribution in [0.2, 0.25) is 0 Å². The van der Waals surface area contributed by atoms with E-state index in [2.05, 4.69) is 25.8 Å². The zero-order valence-electron chi connectivity index (χ0n) is 16.9. The molecule has 0 spiro atoms. The number of guanidine groups is 1. The number of hydrogen-bond donors (Lipinski definition) is 2. The molecule has 3 rings (SSSR count). The summed E-state index contributed by atoms with van der Waals surface area (Å²) in [5.74, 6) is 1.66. The number of nitrogens with one attached hydrogen (secondary N) is 2. The van der Waals surface area contributed by atoms with Crippen LogP contribution in [-0.2, 0) is 13.0 Å². The summed E-state index contributed by atoms with van der Waals surface area (Å²) in [5, 5.41) is 14.7. The summed E-state index contributed by atoms with van der Waals surface area (Å²) in [6, 6.07) is 12.1. The average Bonchev–Trinajstić information content (AvgIpc) is 3.14. The third-order valence-corrected chi connectivity index (χ3v) is 4.12. The van der Waals surface area contributed by atoms with E-state index in [9.17, 15) is 13.2 Å². The second-order valence-electron chi connectivity index (χ2n) is 6.46. The number of halogens is 4. The van der Waals surface area contributed by atoms with Gasteiger partial charge in [0.1, 0.15) is 11.6 Å². The molecular formula is C20H24F3IN6O. The minimum atomic E-state index is -4.35. The highest BCUT2D eigenvalue weighted by atomic mass is 127. The van der Waals surface area contributed by atoms with Gasteiger partial charge in [0.05, 0.1) is 6.54 Å². The second-order valence-corrected chi connectivity index (χ2v) is 6.46. The predicted octanol–water partition coefficient (Wildman–Crippen LogP) is 3.59. The van der Waals surface area contributed by atoms with Crippen molar-refractivity contribution >= 4 is 35.6 Å². The number of fused-ring (bicyclic) bond motifs is 1. The van der Waals surface area contributed by atoms with Crippen LogP contribution < -0.4 is 15.4 Å². The molecule has 11 heteroatoms. The molecule has 0 unspecified atom stereocenters. The Hall–Kier alpha value is -2.57. The highest BCUT2D eigenvalue weighted by molar-refractivity contribution is 14.0. The molecule has 1 aromatic carbocycles. The second kappa shape index (κ2) is 11.7. The molecule has 3 aromatic rings. The summed E-state index contributed by atoms with van der Waals surface area (Å²) in [6.07, 6.45) is -1.76. The van der Waals surface area contributed by atoms with Crippen molar-refractivity contribution in [3.8, 4) is 5.75 Å². The first-order valence-corrected chi connectivity index (χ1v) is 9.54. The summed E-state index contributed by atoms with van der Waals surface area (Å²) in [4.78, 5) is 4.51. The smallest absolute Gasteiger partial charge is 0.422 e. The number of alkyl halides is 3. The summed E-state index contributed by atoms with van der Waals surface area (Å²) < 4.78 is 43.3. The predicted molar refractivity (Wildman–Crippen MR) is 123 cm³/mol. The minimum Gasteiger partial charge on any atom is -0.484 e. The molecule has 0 fully saturated rings. The number of rotatable bonds is 8. The third kappa shape index (κ3) is 7.89. The van der Waals surface area contributed by atoms with Gasteiger partial charge in [-0.15, -0.1) is 34.2 Å². The van der Waals surface area contributed by atoms with Gasteiger partial charge in [-0.05, 0) is 36.8 Å². The molecule has 2 N–H and O–H groups in total. The van der Waals surface area contributed by atoms with Crippen molar-refractivity contribution in [2.45, 2.75) is 26.1 Å².